The van der Waals surface area contributed by atoms with Crippen LogP contribution in [0, 0.1) is 0 Å². The monoisotopic (exact) mass is 516 g/mol. The molecule has 196 valence electrons. The summed E-state index contributed by atoms with van der Waals surface area (Å²) in [4.78, 5) is 28.6. The molecule has 0 unspecified atom stereocenters. The molecular formula is C26H26F2N2O7. The van der Waals surface area contributed by atoms with Gasteiger partial charge >= 0.3 is 6.29 Å². The van der Waals surface area contributed by atoms with Crippen molar-refractivity contribution in [2.24, 2.45) is 0 Å². The third kappa shape index (κ3) is 4.30. The summed E-state index contributed by atoms with van der Waals surface area (Å²) >= 11 is 0. The molecule has 11 heteroatoms. The van der Waals surface area contributed by atoms with Crippen molar-refractivity contribution in [3.8, 4) is 23.0 Å². The number of halogens is 2. The van der Waals surface area contributed by atoms with Gasteiger partial charge in [0.2, 0.25) is 5.91 Å². The van der Waals surface area contributed by atoms with Gasteiger partial charge in [0.15, 0.2) is 17.6 Å². The molecule has 2 aromatic rings. The van der Waals surface area contributed by atoms with Gasteiger partial charge in [0.25, 0.3) is 5.91 Å². The number of morpholine rings is 1. The molecule has 6 rings (SSSR count). The highest BCUT2D eigenvalue weighted by Crippen LogP contribution is 2.52. The highest BCUT2D eigenvalue weighted by Gasteiger charge is 2.53. The third-order valence-electron chi connectivity index (χ3n) is 7.36. The number of ether oxygens (including phenoxy) is 5. The number of carbonyl (C=O) groups excluding carboxylic acids is 2. The van der Waals surface area contributed by atoms with Crippen LogP contribution in [0.25, 0.3) is 0 Å². The van der Waals surface area contributed by atoms with Gasteiger partial charge in [-0.2, -0.15) is 0 Å². The lowest BCUT2D eigenvalue weighted by molar-refractivity contribution is -0.286. The van der Waals surface area contributed by atoms with Crippen molar-refractivity contribution in [3.63, 3.8) is 0 Å². The molecule has 1 N–H and O–H groups in total. The van der Waals surface area contributed by atoms with Gasteiger partial charge in [-0.25, -0.2) is 0 Å². The van der Waals surface area contributed by atoms with Gasteiger partial charge in [-0.1, -0.05) is 6.07 Å². The Morgan fingerprint density at radius 1 is 1.03 bits per heavy atom. The Labute approximate surface area is 211 Å². The molecule has 1 saturated carbocycles. The van der Waals surface area contributed by atoms with E-state index in [1.807, 2.05) is 6.07 Å². The maximum atomic E-state index is 13.6. The number of rotatable bonds is 5. The van der Waals surface area contributed by atoms with Gasteiger partial charge in [-0.15, -0.1) is 8.78 Å². The zero-order valence-corrected chi connectivity index (χ0v) is 20.1. The number of hydrogen-bond acceptors (Lipinski definition) is 7. The predicted molar refractivity (Wildman–Crippen MR) is 124 cm³/mol. The molecule has 0 bridgehead atoms. The fraction of sp³-hybridized carbons (Fsp3) is 0.462. The number of fused-ring (bicyclic) bond motifs is 2. The molecule has 1 saturated heterocycles. The van der Waals surface area contributed by atoms with Gasteiger partial charge in [-0.05, 0) is 42.7 Å². The molecule has 3 aliphatic heterocycles. The minimum Gasteiger partial charge on any atom is -0.497 e. The fourth-order valence-electron chi connectivity index (χ4n) is 5.16. The Morgan fingerprint density at radius 3 is 2.51 bits per heavy atom. The molecule has 4 aliphatic rings. The summed E-state index contributed by atoms with van der Waals surface area (Å²) in [5, 5.41) is 3.11. The number of benzene rings is 2. The van der Waals surface area contributed by atoms with E-state index in [2.05, 4.69) is 14.8 Å². The zero-order chi connectivity index (χ0) is 25.8. The predicted octanol–water partition coefficient (Wildman–Crippen LogP) is 2.92. The van der Waals surface area contributed by atoms with Crippen LogP contribution in [0.3, 0.4) is 0 Å². The minimum atomic E-state index is -3.73. The summed E-state index contributed by atoms with van der Waals surface area (Å²) in [5.74, 6) is 0.470. The number of alkyl halides is 2. The number of nitrogens with one attached hydrogen (secondary N) is 1. The lowest BCUT2D eigenvalue weighted by atomic mass is 9.91. The molecular weight excluding hydrogens is 490 g/mol. The van der Waals surface area contributed by atoms with Crippen LogP contribution >= 0.6 is 0 Å². The van der Waals surface area contributed by atoms with E-state index in [1.165, 1.54) is 19.2 Å². The van der Waals surface area contributed by atoms with E-state index >= 15 is 0 Å². The summed E-state index contributed by atoms with van der Waals surface area (Å²) in [6.07, 6.45) is -3.14. The molecule has 3 heterocycles. The first-order valence-corrected chi connectivity index (χ1v) is 12.2. The maximum Gasteiger partial charge on any atom is 0.586 e. The summed E-state index contributed by atoms with van der Waals surface area (Å²) < 4.78 is 52.8. The topological polar surface area (TPSA) is 95.6 Å². The summed E-state index contributed by atoms with van der Waals surface area (Å²) in [5.41, 5.74) is 0.444. The lowest BCUT2D eigenvalue weighted by Gasteiger charge is -2.36. The Hall–Kier alpha value is -3.60. The van der Waals surface area contributed by atoms with Crippen molar-refractivity contribution in [3.05, 3.63) is 47.5 Å². The summed E-state index contributed by atoms with van der Waals surface area (Å²) in [6, 6.07) is 9.25. The van der Waals surface area contributed by atoms with E-state index < -0.39 is 23.9 Å². The van der Waals surface area contributed by atoms with E-state index in [0.29, 0.717) is 56.2 Å². The van der Waals surface area contributed by atoms with Crippen LogP contribution in [0.15, 0.2) is 36.4 Å². The van der Waals surface area contributed by atoms with E-state index in [1.54, 1.807) is 23.1 Å². The second kappa shape index (κ2) is 8.76. The second-order valence-corrected chi connectivity index (χ2v) is 9.62. The van der Waals surface area contributed by atoms with Gasteiger partial charge in [0.1, 0.15) is 11.5 Å². The number of amides is 2. The van der Waals surface area contributed by atoms with Crippen molar-refractivity contribution >= 4 is 11.8 Å². The first-order chi connectivity index (χ1) is 17.8. The lowest BCUT2D eigenvalue weighted by Crippen LogP contribution is -2.50. The van der Waals surface area contributed by atoms with Crippen molar-refractivity contribution < 1.29 is 42.1 Å². The van der Waals surface area contributed by atoms with Gasteiger partial charge in [0, 0.05) is 31.1 Å². The maximum absolute atomic E-state index is 13.6. The van der Waals surface area contributed by atoms with Gasteiger partial charge in [-0.3, -0.25) is 9.59 Å². The Morgan fingerprint density at radius 2 is 1.78 bits per heavy atom. The van der Waals surface area contributed by atoms with E-state index in [9.17, 15) is 18.4 Å². The summed E-state index contributed by atoms with van der Waals surface area (Å²) in [6.45, 7) is 1.89. The highest BCUT2D eigenvalue weighted by molar-refractivity contribution is 5.92. The smallest absolute Gasteiger partial charge is 0.497 e. The molecule has 2 fully saturated rings. The Balaban J connectivity index is 1.25. The molecule has 2 amide bonds. The summed E-state index contributed by atoms with van der Waals surface area (Å²) in [7, 11) is 1.54. The van der Waals surface area contributed by atoms with Gasteiger partial charge in [0.05, 0.1) is 31.8 Å². The van der Waals surface area contributed by atoms with Crippen LogP contribution in [-0.4, -0.2) is 62.5 Å². The third-order valence-corrected chi connectivity index (χ3v) is 7.36. The molecule has 0 radical (unpaired) electrons. The van der Waals surface area contributed by atoms with Crippen LogP contribution in [0.1, 0.15) is 36.4 Å². The molecule has 2 atom stereocenters. The number of methoxy groups -OCH3 is 1. The van der Waals surface area contributed by atoms with Crippen molar-refractivity contribution in [1.82, 2.24) is 10.2 Å². The fourth-order valence-corrected chi connectivity index (χ4v) is 5.16. The van der Waals surface area contributed by atoms with Crippen LogP contribution in [0.5, 0.6) is 23.0 Å². The first kappa shape index (κ1) is 23.8. The van der Waals surface area contributed by atoms with Crippen LogP contribution in [0.2, 0.25) is 0 Å². The van der Waals surface area contributed by atoms with Gasteiger partial charge < -0.3 is 33.9 Å². The Bertz CT molecular complexity index is 1240. The quantitative estimate of drug-likeness (QED) is 0.653. The van der Waals surface area contributed by atoms with E-state index in [0.717, 1.165) is 5.56 Å². The highest BCUT2D eigenvalue weighted by atomic mass is 19.3. The minimum absolute atomic E-state index is 0.0678. The molecule has 0 spiro atoms. The average molecular weight is 516 g/mol. The standard InChI is InChI=1S/C26H26F2N2O7/c1-33-16-3-4-17-18(14-22(35-20(17)13-16)23(31)30-8-10-34-11-9-30)29-24(32)25(6-7-25)15-2-5-19-21(12-15)37-26(27,28)36-19/h2-5,12-13,18,22H,6-11,14H2,1H3,(H,29,32)/t18-,22-/m1/s1. The normalized spacial score (nSPS) is 24.5. The number of carbonyl (C=O) groups is 2. The molecule has 0 aromatic heterocycles. The van der Waals surface area contributed by atoms with Crippen LogP contribution < -0.4 is 24.3 Å². The second-order valence-electron chi connectivity index (χ2n) is 9.62. The average Bonchev–Trinajstić information content (AvgIpc) is 3.65. The van der Waals surface area contributed by atoms with Crippen LogP contribution in [-0.2, 0) is 19.7 Å². The Kier molecular flexibility index (Phi) is 5.63. The first-order valence-electron chi connectivity index (χ1n) is 12.2. The molecule has 37 heavy (non-hydrogen) atoms. The number of nitrogens with zero attached hydrogens (tertiary/aromatic N) is 1. The van der Waals surface area contributed by atoms with E-state index in [-0.39, 0.29) is 29.7 Å². The SMILES string of the molecule is COc1ccc2c(c1)O[C@@H](C(=O)N1CCOCC1)C[C@H]2NC(=O)C1(c2ccc3c(c2)OC(F)(F)O3)CC1. The molecule has 9 nitrogen and oxygen atoms in total. The van der Waals surface area contributed by atoms with E-state index in [4.69, 9.17) is 14.2 Å². The largest absolute Gasteiger partial charge is 0.586 e. The van der Waals surface area contributed by atoms with Crippen molar-refractivity contribution in [2.45, 2.75) is 43.1 Å². The number of hydrogen-bond donors (Lipinski definition) is 1. The van der Waals surface area contributed by atoms with Crippen molar-refractivity contribution in [1.29, 1.82) is 0 Å². The van der Waals surface area contributed by atoms with Crippen LogP contribution in [0.4, 0.5) is 8.78 Å². The molecule has 2 aromatic carbocycles. The van der Waals surface area contributed by atoms with Crippen molar-refractivity contribution in [2.75, 3.05) is 33.4 Å². The molecule has 1 aliphatic carbocycles. The zero-order valence-electron chi connectivity index (χ0n) is 20.1.